The monoisotopic (exact) mass is 241 g/mol. The van der Waals surface area contributed by atoms with Crippen molar-refractivity contribution in [2.24, 2.45) is 0 Å². The Balaban J connectivity index is 3.19. The third-order valence-corrected chi connectivity index (χ3v) is 2.55. The summed E-state index contributed by atoms with van der Waals surface area (Å²) in [4.78, 5) is 23.6. The van der Waals surface area contributed by atoms with Gasteiger partial charge in [-0.1, -0.05) is 0 Å². The van der Waals surface area contributed by atoms with Gasteiger partial charge in [-0.25, -0.2) is 4.79 Å². The molecule has 3 N–H and O–H groups in total. The molecule has 1 aromatic rings. The average molecular weight is 241 g/mol. The Morgan fingerprint density at radius 1 is 1.41 bits per heavy atom. The van der Waals surface area contributed by atoms with Crippen LogP contribution < -0.4 is 17.0 Å². The summed E-state index contributed by atoms with van der Waals surface area (Å²) < 4.78 is 2.44. The Morgan fingerprint density at radius 3 is 2.47 bits per heavy atom. The lowest BCUT2D eigenvalue weighted by Gasteiger charge is -2.17. The zero-order valence-electron chi connectivity index (χ0n) is 10.4. The summed E-state index contributed by atoms with van der Waals surface area (Å²) in [5.74, 6) is 0. The molecule has 0 bridgehead atoms. The standard InChI is InChI=1S/C11H19N3O3/c1-4-13-7-8(12)9(15)14(10(13)16)6-5-11(2,3)17/h7,17H,4-6,12H2,1-3H3. The Bertz CT molecular complexity index is 508. The van der Waals surface area contributed by atoms with Gasteiger partial charge in [-0.05, 0) is 27.2 Å². The Kier molecular flexibility index (Phi) is 3.77. The highest BCUT2D eigenvalue weighted by molar-refractivity contribution is 5.30. The largest absolute Gasteiger partial charge is 0.393 e. The number of aryl methyl sites for hydroxylation is 1. The van der Waals surface area contributed by atoms with Gasteiger partial charge in [0.25, 0.3) is 5.56 Å². The van der Waals surface area contributed by atoms with Crippen molar-refractivity contribution >= 4 is 5.69 Å². The summed E-state index contributed by atoms with van der Waals surface area (Å²) in [7, 11) is 0. The van der Waals surface area contributed by atoms with Gasteiger partial charge in [-0.3, -0.25) is 13.9 Å². The molecule has 0 aromatic carbocycles. The van der Waals surface area contributed by atoms with Crippen LogP contribution in [-0.4, -0.2) is 19.8 Å². The van der Waals surface area contributed by atoms with Crippen molar-refractivity contribution in [3.8, 4) is 0 Å². The lowest BCUT2D eigenvalue weighted by Crippen LogP contribution is -2.41. The van der Waals surface area contributed by atoms with E-state index < -0.39 is 16.9 Å². The Labute approximate surface area is 99.3 Å². The SMILES string of the molecule is CCn1cc(N)c(=O)n(CCC(C)(C)O)c1=O. The number of aliphatic hydroxyl groups is 1. The van der Waals surface area contributed by atoms with Crippen molar-refractivity contribution in [2.45, 2.75) is 45.9 Å². The molecule has 0 amide bonds. The normalized spacial score (nSPS) is 11.8. The van der Waals surface area contributed by atoms with Gasteiger partial charge < -0.3 is 10.8 Å². The lowest BCUT2D eigenvalue weighted by atomic mass is 10.1. The molecule has 0 saturated carbocycles. The molecule has 6 nitrogen and oxygen atoms in total. The van der Waals surface area contributed by atoms with Crippen molar-refractivity contribution in [1.82, 2.24) is 9.13 Å². The fourth-order valence-electron chi connectivity index (χ4n) is 1.49. The maximum Gasteiger partial charge on any atom is 0.331 e. The molecule has 0 unspecified atom stereocenters. The predicted molar refractivity (Wildman–Crippen MR) is 66.0 cm³/mol. The van der Waals surface area contributed by atoms with Crippen LogP contribution in [0.5, 0.6) is 0 Å². The number of hydrogen-bond donors (Lipinski definition) is 2. The van der Waals surface area contributed by atoms with Crippen LogP contribution in [0, 0.1) is 0 Å². The van der Waals surface area contributed by atoms with Crippen molar-refractivity contribution in [3.05, 3.63) is 27.0 Å². The number of nitrogen functional groups attached to an aromatic ring is 1. The molecular formula is C11H19N3O3. The topological polar surface area (TPSA) is 90.2 Å². The first-order valence-electron chi connectivity index (χ1n) is 5.58. The summed E-state index contributed by atoms with van der Waals surface area (Å²) in [5.41, 5.74) is 3.78. The number of hydrogen-bond acceptors (Lipinski definition) is 4. The van der Waals surface area contributed by atoms with Gasteiger partial charge in [0.1, 0.15) is 5.69 Å². The first-order chi connectivity index (χ1) is 7.76. The zero-order chi connectivity index (χ0) is 13.2. The molecular weight excluding hydrogens is 222 g/mol. The lowest BCUT2D eigenvalue weighted by molar-refractivity contribution is 0.0654. The molecule has 17 heavy (non-hydrogen) atoms. The van der Waals surface area contributed by atoms with Crippen LogP contribution in [0.2, 0.25) is 0 Å². The summed E-state index contributed by atoms with van der Waals surface area (Å²) >= 11 is 0. The number of nitrogens with zero attached hydrogens (tertiary/aromatic N) is 2. The molecule has 1 heterocycles. The van der Waals surface area contributed by atoms with Crippen molar-refractivity contribution in [1.29, 1.82) is 0 Å². The number of rotatable bonds is 4. The molecule has 0 aliphatic carbocycles. The Morgan fingerprint density at radius 2 is 2.00 bits per heavy atom. The first-order valence-corrected chi connectivity index (χ1v) is 5.58. The fourth-order valence-corrected chi connectivity index (χ4v) is 1.49. The third-order valence-electron chi connectivity index (χ3n) is 2.55. The van der Waals surface area contributed by atoms with Crippen molar-refractivity contribution in [3.63, 3.8) is 0 Å². The second-order valence-corrected chi connectivity index (χ2v) is 4.67. The van der Waals surface area contributed by atoms with Gasteiger partial charge in [0.15, 0.2) is 0 Å². The van der Waals surface area contributed by atoms with Crippen LogP contribution in [0.15, 0.2) is 15.8 Å². The fraction of sp³-hybridized carbons (Fsp3) is 0.636. The maximum atomic E-state index is 11.9. The van der Waals surface area contributed by atoms with E-state index >= 15 is 0 Å². The minimum atomic E-state index is -0.923. The average Bonchev–Trinajstić information content (AvgIpc) is 2.22. The van der Waals surface area contributed by atoms with Gasteiger partial charge in [-0.15, -0.1) is 0 Å². The number of nitrogens with two attached hydrogens (primary N) is 1. The van der Waals surface area contributed by atoms with Crippen LogP contribution in [-0.2, 0) is 13.1 Å². The van der Waals surface area contributed by atoms with Gasteiger partial charge in [0, 0.05) is 19.3 Å². The highest BCUT2D eigenvalue weighted by Crippen LogP contribution is 2.07. The van der Waals surface area contributed by atoms with E-state index in [2.05, 4.69) is 0 Å². The number of aromatic nitrogens is 2. The quantitative estimate of drug-likeness (QED) is 0.762. The molecule has 1 aromatic heterocycles. The third kappa shape index (κ3) is 3.20. The smallest absolute Gasteiger partial charge is 0.331 e. The molecule has 0 radical (unpaired) electrons. The molecule has 0 fully saturated rings. The van der Waals surface area contributed by atoms with E-state index in [0.717, 1.165) is 4.57 Å². The van der Waals surface area contributed by atoms with E-state index in [4.69, 9.17) is 5.73 Å². The van der Waals surface area contributed by atoms with E-state index in [-0.39, 0.29) is 12.2 Å². The van der Waals surface area contributed by atoms with Crippen LogP contribution in [0.4, 0.5) is 5.69 Å². The van der Waals surface area contributed by atoms with E-state index in [0.29, 0.717) is 13.0 Å². The van der Waals surface area contributed by atoms with Gasteiger partial charge in [0.05, 0.1) is 5.60 Å². The summed E-state index contributed by atoms with van der Waals surface area (Å²) in [6.07, 6.45) is 1.67. The minimum Gasteiger partial charge on any atom is -0.393 e. The van der Waals surface area contributed by atoms with E-state index in [9.17, 15) is 14.7 Å². The van der Waals surface area contributed by atoms with E-state index in [1.54, 1.807) is 20.8 Å². The van der Waals surface area contributed by atoms with Crippen LogP contribution >= 0.6 is 0 Å². The maximum absolute atomic E-state index is 11.9. The zero-order valence-corrected chi connectivity index (χ0v) is 10.4. The molecule has 0 spiro atoms. The van der Waals surface area contributed by atoms with E-state index in [1.807, 2.05) is 0 Å². The first kappa shape index (κ1) is 13.5. The molecule has 0 atom stereocenters. The molecule has 6 heteroatoms. The second kappa shape index (κ2) is 4.75. The second-order valence-electron chi connectivity index (χ2n) is 4.67. The molecule has 0 aliphatic rings. The molecule has 0 saturated heterocycles. The Hall–Kier alpha value is -1.56. The summed E-state index contributed by atoms with van der Waals surface area (Å²) in [6, 6.07) is 0. The highest BCUT2D eigenvalue weighted by Gasteiger charge is 2.15. The number of anilines is 1. The van der Waals surface area contributed by atoms with Crippen LogP contribution in [0.3, 0.4) is 0 Å². The van der Waals surface area contributed by atoms with Crippen molar-refractivity contribution < 1.29 is 5.11 Å². The summed E-state index contributed by atoms with van der Waals surface area (Å²) in [6.45, 7) is 5.66. The molecule has 1 rings (SSSR count). The van der Waals surface area contributed by atoms with E-state index in [1.165, 1.54) is 10.8 Å². The molecule has 0 aliphatic heterocycles. The van der Waals surface area contributed by atoms with Crippen LogP contribution in [0.25, 0.3) is 0 Å². The van der Waals surface area contributed by atoms with Gasteiger partial charge in [-0.2, -0.15) is 0 Å². The van der Waals surface area contributed by atoms with Crippen molar-refractivity contribution in [2.75, 3.05) is 5.73 Å². The molecule has 96 valence electrons. The summed E-state index contributed by atoms with van der Waals surface area (Å²) in [5, 5.41) is 9.60. The predicted octanol–water partition coefficient (Wildman–Crippen LogP) is -0.227. The highest BCUT2D eigenvalue weighted by atomic mass is 16.3. The van der Waals surface area contributed by atoms with Gasteiger partial charge in [0.2, 0.25) is 0 Å². The van der Waals surface area contributed by atoms with Gasteiger partial charge >= 0.3 is 5.69 Å². The minimum absolute atomic E-state index is 0.0437. The van der Waals surface area contributed by atoms with Crippen LogP contribution in [0.1, 0.15) is 27.2 Å².